The number of ketones is 2. The Labute approximate surface area is 614 Å². The molecule has 0 saturated carbocycles. The molecular weight excluding hydrogens is 1310 g/mol. The minimum atomic E-state index is -1.02. The molecule has 2 aromatic heterocycles. The number of amides is 4. The molecule has 7 rings (SSSR count). The number of hydrogen-bond acceptors (Lipinski definition) is 17. The van der Waals surface area contributed by atoms with Gasteiger partial charge in [0.05, 0.1) is 64.9 Å². The first kappa shape index (κ1) is 84.2. The molecule has 24 nitrogen and oxygen atoms in total. The van der Waals surface area contributed by atoms with Gasteiger partial charge in [-0.25, -0.2) is 13.2 Å². The minimum absolute atomic E-state index is 0. The summed E-state index contributed by atoms with van der Waals surface area (Å²) in [7, 11) is 0. The number of carboxylic acids is 1. The van der Waals surface area contributed by atoms with E-state index in [-0.39, 0.29) is 232 Å². The number of primary amides is 2. The number of aliphatic carboxylic acids is 1. The summed E-state index contributed by atoms with van der Waals surface area (Å²) in [6.45, 7) is -0.635. The van der Waals surface area contributed by atoms with E-state index in [9.17, 15) is 51.8 Å². The van der Waals surface area contributed by atoms with Gasteiger partial charge in [0, 0.05) is 55.4 Å². The number of benzene rings is 5. The van der Waals surface area contributed by atoms with Crippen LogP contribution >= 0.6 is 46.4 Å². The second-order valence-corrected chi connectivity index (χ2v) is 18.9. The van der Waals surface area contributed by atoms with Crippen LogP contribution < -0.4 is 136 Å². The molecule has 0 unspecified atom stereocenters. The van der Waals surface area contributed by atoms with Crippen molar-refractivity contribution in [3.8, 4) is 0 Å². The molecule has 0 spiro atoms. The van der Waals surface area contributed by atoms with E-state index in [0.29, 0.717) is 58.9 Å². The summed E-state index contributed by atoms with van der Waals surface area (Å²) in [4.78, 5) is 93.2. The van der Waals surface area contributed by atoms with Crippen molar-refractivity contribution in [1.82, 2.24) is 35.1 Å². The molecule has 0 radical (unpaired) electrons. The normalized spacial score (nSPS) is 9.98. The number of carbonyl (C=O) groups is 8. The maximum atomic E-state index is 14.0. The van der Waals surface area contributed by atoms with Crippen molar-refractivity contribution in [3.05, 3.63) is 164 Å². The third kappa shape index (κ3) is 30.4. The third-order valence-corrected chi connectivity index (χ3v) is 12.4. The monoisotopic (exact) mass is 1370 g/mol. The number of rotatable bonds is 25. The van der Waals surface area contributed by atoms with Crippen LogP contribution in [0.2, 0.25) is 15.1 Å². The van der Waals surface area contributed by atoms with Crippen LogP contribution in [-0.4, -0.2) is 151 Å². The molecular formula is C56H63Cl4F3K2N10O14. The Morgan fingerprint density at radius 2 is 1.09 bits per heavy atom. The van der Waals surface area contributed by atoms with Crippen LogP contribution in [0.5, 0.6) is 0 Å². The molecule has 5 aromatic carbocycles. The molecule has 0 fully saturated rings. The van der Waals surface area contributed by atoms with Crippen molar-refractivity contribution in [3.63, 3.8) is 0 Å². The average Bonchev–Trinajstić information content (AvgIpc) is 3.64. The molecule has 0 aliphatic carbocycles. The smallest absolute Gasteiger partial charge is 1.00 e. The fourth-order valence-corrected chi connectivity index (χ4v) is 7.95. The summed E-state index contributed by atoms with van der Waals surface area (Å²) in [6, 6.07) is 27.6. The Morgan fingerprint density at radius 1 is 0.663 bits per heavy atom. The van der Waals surface area contributed by atoms with Gasteiger partial charge in [-0.2, -0.15) is 10.2 Å². The molecule has 0 saturated heterocycles. The summed E-state index contributed by atoms with van der Waals surface area (Å²) in [5.41, 5.74) is 17.6. The Morgan fingerprint density at radius 3 is 1.49 bits per heavy atom. The van der Waals surface area contributed by atoms with Crippen LogP contribution in [0.1, 0.15) is 51.9 Å². The van der Waals surface area contributed by atoms with E-state index in [4.69, 9.17) is 89.0 Å². The number of aromatic nitrogens is 4. The van der Waals surface area contributed by atoms with Gasteiger partial charge >= 0.3 is 109 Å². The first-order valence-electron chi connectivity index (χ1n) is 25.6. The van der Waals surface area contributed by atoms with Gasteiger partial charge in [-0.1, -0.05) is 108 Å². The van der Waals surface area contributed by atoms with Crippen LogP contribution in [0.25, 0.3) is 21.8 Å². The number of fused-ring (bicyclic) bond motifs is 2. The average molecular weight is 1380 g/mol. The van der Waals surface area contributed by atoms with Gasteiger partial charge in [0.15, 0.2) is 11.4 Å². The third-order valence-electron chi connectivity index (χ3n) is 11.3. The van der Waals surface area contributed by atoms with Gasteiger partial charge < -0.3 is 64.7 Å². The Hall–Kier alpha value is -4.82. The van der Waals surface area contributed by atoms with Gasteiger partial charge in [0.25, 0.3) is 18.3 Å². The quantitative estimate of drug-likeness (QED) is 0.00717. The zero-order valence-electron chi connectivity index (χ0n) is 49.2. The number of alkyl halides is 1. The first-order valence-corrected chi connectivity index (χ1v) is 27.3. The van der Waals surface area contributed by atoms with E-state index in [0.717, 1.165) is 4.90 Å². The summed E-state index contributed by atoms with van der Waals surface area (Å²) < 4.78 is 43.3. The van der Waals surface area contributed by atoms with E-state index < -0.39 is 47.0 Å². The fraction of sp³-hybridized carbons (Fsp3) is 0.286. The van der Waals surface area contributed by atoms with E-state index in [1.54, 1.807) is 78.9 Å². The summed E-state index contributed by atoms with van der Waals surface area (Å²) >= 11 is 22.3. The number of carbonyl (C=O) groups excluding carboxylic acids is 7. The van der Waals surface area contributed by atoms with E-state index >= 15 is 0 Å². The molecule has 0 aliphatic rings. The van der Waals surface area contributed by atoms with Crippen molar-refractivity contribution in [2.45, 2.75) is 45.3 Å². The van der Waals surface area contributed by atoms with Gasteiger partial charge in [-0.15, -0.1) is 11.6 Å². The number of carboxylic acid groups (broad SMARTS) is 1. The maximum Gasteiger partial charge on any atom is 1.00 e. The number of nitrogens with two attached hydrogens (primary N) is 3. The number of para-hydroxylation sites is 2. The van der Waals surface area contributed by atoms with E-state index in [1.165, 1.54) is 33.6 Å². The minimum Gasteiger partial charge on any atom is -1.00 e. The molecule has 33 heteroatoms. The maximum absolute atomic E-state index is 14.0. The zero-order valence-corrected chi connectivity index (χ0v) is 57.5. The van der Waals surface area contributed by atoms with Gasteiger partial charge in [0.2, 0.25) is 11.8 Å². The van der Waals surface area contributed by atoms with Crippen LogP contribution in [0.4, 0.5) is 13.2 Å². The van der Waals surface area contributed by atoms with Crippen molar-refractivity contribution in [2.75, 3.05) is 58.4 Å². The summed E-state index contributed by atoms with van der Waals surface area (Å²) in [6.07, 6.45) is 1.19. The number of hydrogen-bond donors (Lipinski definition) is 9. The molecule has 89 heavy (non-hydrogen) atoms. The largest absolute Gasteiger partial charge is 1.00 e. The van der Waals surface area contributed by atoms with Crippen LogP contribution in [0.3, 0.4) is 0 Å². The summed E-state index contributed by atoms with van der Waals surface area (Å²) in [5, 5.41) is 57.2. The van der Waals surface area contributed by atoms with Crippen molar-refractivity contribution >= 4 is 116 Å². The Kier molecular flexibility index (Phi) is 44.6. The predicted octanol–water partition coefficient (Wildman–Crippen LogP) is -2.44. The molecule has 7 aromatic rings. The summed E-state index contributed by atoms with van der Waals surface area (Å²) in [5.74, 6) is -5.14. The van der Waals surface area contributed by atoms with Crippen molar-refractivity contribution in [1.29, 1.82) is 0 Å². The number of aliphatic hydroxyl groups is 3. The number of Topliss-reactive ketones (excluding diaryl/α,β-unsaturated/α-hetero) is 2. The van der Waals surface area contributed by atoms with Gasteiger partial charge in [-0.3, -0.25) is 47.7 Å². The standard InChI is InChI=1S/C21H21ClFN5O4.C12H15ClFNO2.C10H9Cl2FO.C10H9N3O3.C2H7NO.CH2O3.2K.H/c22-15-6-3-4-13(19(15)23)10-25-17(30)11-27(8-9-29)18(31)12-28-16-7-2-1-5-14(16)20(26-28)21(24)32;13-11-3-1-2-9(12(11)14)4-5-10(17)8-15-6-7-16;11-6-8(14)5-4-7-2-1-3-9(12)10(7)13;11-10(16)9-6-3-1-2-4-7(6)13(12-9)5-8(14)15;3-1-2-4;2-1-4-3;;;/h1-7,29H,8-12H2,(H2,24,32)(H,25,30);1-3,15-16H,4-8H2;1-3H,4-6H2;1-4H,5H2,(H2,11,16)(H,14,15);4H,1-3H2;1,3H;;;/q;;;;;;2*+1;-1/p-1. The van der Waals surface area contributed by atoms with Crippen molar-refractivity contribution < 1.29 is 186 Å². The molecule has 0 aliphatic heterocycles. The number of nitrogens with zero attached hydrogens (tertiary/aromatic N) is 5. The van der Waals surface area contributed by atoms with Crippen LogP contribution in [-0.2, 0) is 66.1 Å². The predicted molar refractivity (Wildman–Crippen MR) is 316 cm³/mol. The van der Waals surface area contributed by atoms with Crippen LogP contribution in [0, 0.1) is 17.5 Å². The van der Waals surface area contributed by atoms with Crippen LogP contribution in [0.15, 0.2) is 103 Å². The molecule has 0 atom stereocenters. The zero-order chi connectivity index (χ0) is 65.0. The SMILES string of the molecule is NC(=O)c1nn(CC(=O)N(CCO)CC(=O)NCc2cccc(Cl)c2F)c2ccccc12.NC(=O)c1nn(CC(=O)O)c2ccccc12.NCCO.O=C(CCc1cccc(Cl)c1F)CNCCO.O=C(CCl)CCc1cccc(Cl)c1F.O=CO[O-].[H-].[K+].[K+]. The molecule has 4 amide bonds. The molecule has 2 heterocycles. The first-order chi connectivity index (χ1) is 41.5. The second-order valence-electron chi connectivity index (χ2n) is 17.4. The number of halogens is 7. The number of aryl methyl sites for hydroxylation is 2. The topological polar surface area (TPSA) is 391 Å². The molecule has 12 N–H and O–H groups in total. The molecule has 0 bridgehead atoms. The van der Waals surface area contributed by atoms with E-state index in [2.05, 4.69) is 25.7 Å². The molecule has 472 valence electrons. The second kappa shape index (κ2) is 47.1. The fourth-order valence-electron chi connectivity index (χ4n) is 7.23. The Balaban J connectivity index is 0. The number of aliphatic hydroxyl groups excluding tert-OH is 3. The van der Waals surface area contributed by atoms with Gasteiger partial charge in [-0.05, 0) is 54.3 Å². The van der Waals surface area contributed by atoms with Gasteiger partial charge in [0.1, 0.15) is 42.1 Å². The Bertz CT molecular complexity index is 3420. The van der Waals surface area contributed by atoms with E-state index in [1.807, 2.05) is 0 Å². The van der Waals surface area contributed by atoms with Crippen molar-refractivity contribution in [2.24, 2.45) is 17.2 Å². The number of nitrogens with one attached hydrogen (secondary N) is 2.